The minimum atomic E-state index is -0.260. The van der Waals surface area contributed by atoms with Crippen LogP contribution in [0.3, 0.4) is 0 Å². The third-order valence-corrected chi connectivity index (χ3v) is 3.12. The average molecular weight is 215 g/mol. The standard InChI is InChI=1S/C13H17N3/c14-10-13(12-8-4-5-9-15-12)16-11-6-2-1-3-7-11/h4-5,8-9,11,13,16H,1-3,6-7H2. The van der Waals surface area contributed by atoms with Gasteiger partial charge in [-0.2, -0.15) is 5.26 Å². The maximum absolute atomic E-state index is 9.16. The molecule has 1 N–H and O–H groups in total. The minimum absolute atomic E-state index is 0.260. The Hall–Kier alpha value is -1.40. The summed E-state index contributed by atoms with van der Waals surface area (Å²) < 4.78 is 0. The molecule has 0 aromatic carbocycles. The number of nitrogens with zero attached hydrogens (tertiary/aromatic N) is 2. The Labute approximate surface area is 96.5 Å². The van der Waals surface area contributed by atoms with Crippen LogP contribution in [0.25, 0.3) is 0 Å². The maximum Gasteiger partial charge on any atom is 0.138 e. The summed E-state index contributed by atoms with van der Waals surface area (Å²) in [6.45, 7) is 0. The Morgan fingerprint density at radius 2 is 2.12 bits per heavy atom. The molecular weight excluding hydrogens is 198 g/mol. The Bertz CT molecular complexity index is 349. The molecule has 1 heterocycles. The fraction of sp³-hybridized carbons (Fsp3) is 0.538. The average Bonchev–Trinajstić information content (AvgIpc) is 2.38. The summed E-state index contributed by atoms with van der Waals surface area (Å²) in [5.74, 6) is 0. The van der Waals surface area contributed by atoms with E-state index in [1.54, 1.807) is 6.20 Å². The van der Waals surface area contributed by atoms with Gasteiger partial charge in [-0.25, -0.2) is 0 Å². The molecule has 1 aliphatic rings. The second-order valence-electron chi connectivity index (χ2n) is 4.32. The van der Waals surface area contributed by atoms with Gasteiger partial charge in [-0.3, -0.25) is 10.3 Å². The van der Waals surface area contributed by atoms with Crippen LogP contribution in [0.4, 0.5) is 0 Å². The lowest BCUT2D eigenvalue weighted by Gasteiger charge is -2.25. The zero-order chi connectivity index (χ0) is 11.2. The maximum atomic E-state index is 9.16. The largest absolute Gasteiger partial charge is 0.294 e. The molecule has 0 spiro atoms. The van der Waals surface area contributed by atoms with Gasteiger partial charge in [0.1, 0.15) is 6.04 Å². The highest BCUT2D eigenvalue weighted by Gasteiger charge is 2.19. The zero-order valence-electron chi connectivity index (χ0n) is 9.39. The molecule has 3 nitrogen and oxygen atoms in total. The van der Waals surface area contributed by atoms with Crippen LogP contribution in [0.2, 0.25) is 0 Å². The second-order valence-corrected chi connectivity index (χ2v) is 4.32. The molecule has 84 valence electrons. The summed E-state index contributed by atoms with van der Waals surface area (Å²) in [6.07, 6.45) is 7.99. The fourth-order valence-corrected chi connectivity index (χ4v) is 2.24. The Balaban J connectivity index is 1.98. The lowest BCUT2D eigenvalue weighted by molar-refractivity contribution is 0.358. The first-order valence-corrected chi connectivity index (χ1v) is 5.97. The molecular formula is C13H17N3. The lowest BCUT2D eigenvalue weighted by Crippen LogP contribution is -2.34. The minimum Gasteiger partial charge on any atom is -0.294 e. The summed E-state index contributed by atoms with van der Waals surface area (Å²) in [4.78, 5) is 4.23. The van der Waals surface area contributed by atoms with Gasteiger partial charge in [-0.15, -0.1) is 0 Å². The van der Waals surface area contributed by atoms with Crippen molar-refractivity contribution in [3.63, 3.8) is 0 Å². The first-order valence-electron chi connectivity index (χ1n) is 5.97. The second kappa shape index (κ2) is 5.62. The number of aromatic nitrogens is 1. The van der Waals surface area contributed by atoms with Crippen LogP contribution in [0.15, 0.2) is 24.4 Å². The molecule has 0 bridgehead atoms. The molecule has 0 saturated heterocycles. The molecule has 1 saturated carbocycles. The number of rotatable bonds is 3. The van der Waals surface area contributed by atoms with Crippen LogP contribution in [0.5, 0.6) is 0 Å². The highest BCUT2D eigenvalue weighted by Crippen LogP contribution is 2.20. The highest BCUT2D eigenvalue weighted by atomic mass is 15.0. The van der Waals surface area contributed by atoms with E-state index in [1.165, 1.54) is 32.1 Å². The third kappa shape index (κ3) is 2.80. The van der Waals surface area contributed by atoms with E-state index in [0.717, 1.165) is 5.69 Å². The van der Waals surface area contributed by atoms with E-state index in [1.807, 2.05) is 18.2 Å². The van der Waals surface area contributed by atoms with E-state index in [2.05, 4.69) is 16.4 Å². The van der Waals surface area contributed by atoms with E-state index < -0.39 is 0 Å². The SMILES string of the molecule is N#CC(NC1CCCCC1)c1ccccn1. The van der Waals surface area contributed by atoms with Crippen molar-refractivity contribution in [1.29, 1.82) is 5.26 Å². The first kappa shape index (κ1) is 11.1. The predicted molar refractivity (Wildman–Crippen MR) is 62.6 cm³/mol. The van der Waals surface area contributed by atoms with Crippen molar-refractivity contribution >= 4 is 0 Å². The van der Waals surface area contributed by atoms with Crippen molar-refractivity contribution in [3.05, 3.63) is 30.1 Å². The van der Waals surface area contributed by atoms with Crippen LogP contribution < -0.4 is 5.32 Å². The third-order valence-electron chi connectivity index (χ3n) is 3.12. The van der Waals surface area contributed by atoms with Gasteiger partial charge >= 0.3 is 0 Å². The molecule has 1 unspecified atom stereocenters. The quantitative estimate of drug-likeness (QED) is 0.843. The van der Waals surface area contributed by atoms with E-state index in [-0.39, 0.29) is 6.04 Å². The Morgan fingerprint density at radius 1 is 1.31 bits per heavy atom. The van der Waals surface area contributed by atoms with Crippen molar-refractivity contribution < 1.29 is 0 Å². The molecule has 2 rings (SSSR count). The molecule has 3 heteroatoms. The van der Waals surface area contributed by atoms with Gasteiger partial charge in [0.05, 0.1) is 11.8 Å². The van der Waals surface area contributed by atoms with E-state index >= 15 is 0 Å². The molecule has 1 aromatic heterocycles. The van der Waals surface area contributed by atoms with Gasteiger partial charge in [-0.05, 0) is 25.0 Å². The van der Waals surface area contributed by atoms with Crippen LogP contribution >= 0.6 is 0 Å². The monoisotopic (exact) mass is 215 g/mol. The van der Waals surface area contributed by atoms with Crippen LogP contribution in [0.1, 0.15) is 43.8 Å². The van der Waals surface area contributed by atoms with Crippen molar-refractivity contribution in [2.45, 2.75) is 44.2 Å². The smallest absolute Gasteiger partial charge is 0.138 e. The van der Waals surface area contributed by atoms with Gasteiger partial charge in [0.15, 0.2) is 0 Å². The van der Waals surface area contributed by atoms with Crippen molar-refractivity contribution in [2.24, 2.45) is 0 Å². The molecule has 0 amide bonds. The Kier molecular flexibility index (Phi) is 3.90. The van der Waals surface area contributed by atoms with Crippen LogP contribution in [-0.4, -0.2) is 11.0 Å². The molecule has 1 aliphatic carbocycles. The molecule has 1 atom stereocenters. The summed E-state index contributed by atoms with van der Waals surface area (Å²) >= 11 is 0. The van der Waals surface area contributed by atoms with Crippen LogP contribution in [0, 0.1) is 11.3 Å². The normalized spacial score (nSPS) is 18.9. The molecule has 1 fully saturated rings. The number of hydrogen-bond acceptors (Lipinski definition) is 3. The lowest BCUT2D eigenvalue weighted by atomic mass is 9.94. The molecule has 1 aromatic rings. The summed E-state index contributed by atoms with van der Waals surface area (Å²) in [5.41, 5.74) is 0.829. The van der Waals surface area contributed by atoms with Crippen molar-refractivity contribution in [3.8, 4) is 6.07 Å². The van der Waals surface area contributed by atoms with Gasteiger partial charge in [0, 0.05) is 12.2 Å². The van der Waals surface area contributed by atoms with Crippen molar-refractivity contribution in [2.75, 3.05) is 0 Å². The summed E-state index contributed by atoms with van der Waals surface area (Å²) in [7, 11) is 0. The fourth-order valence-electron chi connectivity index (χ4n) is 2.24. The van der Waals surface area contributed by atoms with Gasteiger partial charge in [0.25, 0.3) is 0 Å². The van der Waals surface area contributed by atoms with E-state index in [0.29, 0.717) is 6.04 Å². The number of nitriles is 1. The van der Waals surface area contributed by atoms with Gasteiger partial charge in [-0.1, -0.05) is 25.3 Å². The van der Waals surface area contributed by atoms with Gasteiger partial charge in [0.2, 0.25) is 0 Å². The first-order chi connectivity index (χ1) is 7.90. The zero-order valence-corrected chi connectivity index (χ0v) is 9.39. The van der Waals surface area contributed by atoms with E-state index in [9.17, 15) is 0 Å². The number of pyridine rings is 1. The van der Waals surface area contributed by atoms with Crippen LogP contribution in [-0.2, 0) is 0 Å². The van der Waals surface area contributed by atoms with E-state index in [4.69, 9.17) is 5.26 Å². The number of hydrogen-bond donors (Lipinski definition) is 1. The predicted octanol–water partition coefficient (Wildman–Crippen LogP) is 2.57. The van der Waals surface area contributed by atoms with Gasteiger partial charge < -0.3 is 0 Å². The highest BCUT2D eigenvalue weighted by molar-refractivity contribution is 5.15. The molecule has 0 radical (unpaired) electrons. The summed E-state index contributed by atoms with van der Waals surface area (Å²) in [6, 6.07) is 8.22. The van der Waals surface area contributed by atoms with Crippen molar-refractivity contribution in [1.82, 2.24) is 10.3 Å². The molecule has 16 heavy (non-hydrogen) atoms. The molecule has 0 aliphatic heterocycles. The Morgan fingerprint density at radius 3 is 2.75 bits per heavy atom. The summed E-state index contributed by atoms with van der Waals surface area (Å²) in [5, 5.41) is 12.6. The number of nitrogens with one attached hydrogen (secondary N) is 1. The topological polar surface area (TPSA) is 48.7 Å².